The molecule has 2 aliphatic rings. The van der Waals surface area contributed by atoms with Gasteiger partial charge in [0.1, 0.15) is 0 Å². The zero-order valence-corrected chi connectivity index (χ0v) is 15.5. The number of fused-ring (bicyclic) bond motifs is 2. The van der Waals surface area contributed by atoms with Crippen LogP contribution in [-0.2, 0) is 11.2 Å². The van der Waals surface area contributed by atoms with Gasteiger partial charge in [0.25, 0.3) is 0 Å². The van der Waals surface area contributed by atoms with E-state index in [9.17, 15) is 4.79 Å². The standard InChI is InChI=1S/C20H29ClN2O/c1-20(2,12-14-4-3-5-16(21)8-14)13-22-19(24)11-15-9-17-6-7-18(10-15)23-17/h3-5,8,15,17-18,23H,6-7,9-13H2,1-2H3,(H,22,24). The van der Waals surface area contributed by atoms with Crippen LogP contribution in [0, 0.1) is 11.3 Å². The third kappa shape index (κ3) is 4.97. The molecular formula is C20H29ClN2O. The molecule has 0 spiro atoms. The van der Waals surface area contributed by atoms with Gasteiger partial charge in [-0.15, -0.1) is 0 Å². The minimum absolute atomic E-state index is 0.0213. The van der Waals surface area contributed by atoms with Crippen LogP contribution in [0.25, 0.3) is 0 Å². The smallest absolute Gasteiger partial charge is 0.220 e. The molecule has 2 heterocycles. The van der Waals surface area contributed by atoms with Crippen molar-refractivity contribution in [1.82, 2.24) is 10.6 Å². The molecule has 24 heavy (non-hydrogen) atoms. The molecule has 2 saturated heterocycles. The summed E-state index contributed by atoms with van der Waals surface area (Å²) in [5.41, 5.74) is 1.24. The highest BCUT2D eigenvalue weighted by molar-refractivity contribution is 6.30. The number of rotatable bonds is 6. The Morgan fingerprint density at radius 2 is 2.00 bits per heavy atom. The van der Waals surface area contributed by atoms with Gasteiger partial charge in [-0.2, -0.15) is 0 Å². The summed E-state index contributed by atoms with van der Waals surface area (Å²) in [4.78, 5) is 12.3. The highest BCUT2D eigenvalue weighted by Gasteiger charge is 2.34. The van der Waals surface area contributed by atoms with Gasteiger partial charge in [0.15, 0.2) is 0 Å². The van der Waals surface area contributed by atoms with Gasteiger partial charge in [0.2, 0.25) is 5.91 Å². The van der Waals surface area contributed by atoms with Crippen LogP contribution in [0.15, 0.2) is 24.3 Å². The number of amides is 1. The molecule has 2 N–H and O–H groups in total. The first-order valence-corrected chi connectivity index (χ1v) is 9.55. The van der Waals surface area contributed by atoms with Crippen LogP contribution in [-0.4, -0.2) is 24.5 Å². The lowest BCUT2D eigenvalue weighted by Gasteiger charge is -2.29. The summed E-state index contributed by atoms with van der Waals surface area (Å²) in [5, 5.41) is 7.57. The zero-order chi connectivity index (χ0) is 17.2. The maximum absolute atomic E-state index is 12.3. The molecule has 0 radical (unpaired) electrons. The third-order valence-corrected chi connectivity index (χ3v) is 5.62. The Bertz CT molecular complexity index is 575. The summed E-state index contributed by atoms with van der Waals surface area (Å²) in [6.45, 7) is 5.09. The Kier molecular flexibility index (Phi) is 5.51. The van der Waals surface area contributed by atoms with Gasteiger partial charge >= 0.3 is 0 Å². The van der Waals surface area contributed by atoms with Gasteiger partial charge in [-0.3, -0.25) is 4.79 Å². The molecule has 2 bridgehead atoms. The first-order chi connectivity index (χ1) is 11.4. The topological polar surface area (TPSA) is 41.1 Å². The highest BCUT2D eigenvalue weighted by atomic mass is 35.5. The second-order valence-electron chi connectivity index (χ2n) is 8.43. The lowest BCUT2D eigenvalue weighted by Crippen LogP contribution is -2.41. The average Bonchev–Trinajstić information content (AvgIpc) is 2.84. The molecule has 0 aliphatic carbocycles. The Balaban J connectivity index is 1.44. The molecule has 2 aliphatic heterocycles. The molecule has 2 fully saturated rings. The quantitative estimate of drug-likeness (QED) is 0.817. The van der Waals surface area contributed by atoms with Crippen molar-refractivity contribution in [3.05, 3.63) is 34.9 Å². The second-order valence-corrected chi connectivity index (χ2v) is 8.86. The molecule has 2 unspecified atom stereocenters. The fourth-order valence-corrected chi connectivity index (χ4v) is 4.49. The normalized spacial score (nSPS) is 26.4. The monoisotopic (exact) mass is 348 g/mol. The van der Waals surface area contributed by atoms with Crippen LogP contribution in [0.5, 0.6) is 0 Å². The van der Waals surface area contributed by atoms with Crippen LogP contribution in [0.3, 0.4) is 0 Å². The predicted octanol–water partition coefficient (Wildman–Crippen LogP) is 3.95. The van der Waals surface area contributed by atoms with E-state index >= 15 is 0 Å². The van der Waals surface area contributed by atoms with Gasteiger partial charge < -0.3 is 10.6 Å². The molecule has 3 rings (SSSR count). The molecule has 0 saturated carbocycles. The number of carbonyl (C=O) groups excluding carboxylic acids is 1. The number of hydrogen-bond donors (Lipinski definition) is 2. The molecule has 132 valence electrons. The molecule has 4 heteroatoms. The Morgan fingerprint density at radius 3 is 2.67 bits per heavy atom. The minimum Gasteiger partial charge on any atom is -0.356 e. The van der Waals surface area contributed by atoms with Crippen LogP contribution in [0.4, 0.5) is 0 Å². The molecule has 1 amide bonds. The predicted molar refractivity (Wildman–Crippen MR) is 99.2 cm³/mol. The largest absolute Gasteiger partial charge is 0.356 e. The van der Waals surface area contributed by atoms with Gasteiger partial charge in [-0.1, -0.05) is 37.6 Å². The number of carbonyl (C=O) groups is 1. The average molecular weight is 349 g/mol. The van der Waals surface area contributed by atoms with Crippen LogP contribution in [0.1, 0.15) is 51.5 Å². The number of piperidine rings is 1. The Labute approximate surface area is 150 Å². The lowest BCUT2D eigenvalue weighted by atomic mass is 9.85. The Morgan fingerprint density at radius 1 is 1.29 bits per heavy atom. The van der Waals surface area contributed by atoms with Gasteiger partial charge in [0.05, 0.1) is 0 Å². The van der Waals surface area contributed by atoms with E-state index in [1.807, 2.05) is 18.2 Å². The molecule has 1 aromatic carbocycles. The van der Waals surface area contributed by atoms with Crippen molar-refractivity contribution < 1.29 is 4.79 Å². The summed E-state index contributed by atoms with van der Waals surface area (Å²) in [6.07, 6.45) is 6.49. The van der Waals surface area contributed by atoms with Crippen molar-refractivity contribution in [2.45, 2.75) is 64.5 Å². The summed E-state index contributed by atoms with van der Waals surface area (Å²) in [5.74, 6) is 0.764. The van der Waals surface area contributed by atoms with Gasteiger partial charge in [-0.05, 0) is 61.1 Å². The van der Waals surface area contributed by atoms with E-state index in [0.717, 1.165) is 24.3 Å². The van der Waals surface area contributed by atoms with Crippen molar-refractivity contribution >= 4 is 17.5 Å². The van der Waals surface area contributed by atoms with Crippen molar-refractivity contribution in [2.75, 3.05) is 6.54 Å². The van der Waals surface area contributed by atoms with Crippen LogP contribution in [0.2, 0.25) is 5.02 Å². The maximum atomic E-state index is 12.3. The van der Waals surface area contributed by atoms with Gasteiger partial charge in [-0.25, -0.2) is 0 Å². The van der Waals surface area contributed by atoms with Gasteiger partial charge in [0, 0.05) is 30.1 Å². The Hall–Kier alpha value is -1.06. The summed E-state index contributed by atoms with van der Waals surface area (Å²) in [6, 6.07) is 9.29. The molecule has 1 aromatic rings. The van der Waals surface area contributed by atoms with Crippen molar-refractivity contribution in [3.8, 4) is 0 Å². The summed E-state index contributed by atoms with van der Waals surface area (Å²) in [7, 11) is 0. The SMILES string of the molecule is CC(C)(CNC(=O)CC1CC2CCC(C1)N2)Cc1cccc(Cl)c1. The number of hydrogen-bond acceptors (Lipinski definition) is 2. The van der Waals surface area contributed by atoms with Crippen molar-refractivity contribution in [1.29, 1.82) is 0 Å². The second kappa shape index (κ2) is 7.45. The number of halogens is 1. The summed E-state index contributed by atoms with van der Waals surface area (Å²) < 4.78 is 0. The number of nitrogens with one attached hydrogen (secondary N) is 2. The van der Waals surface area contributed by atoms with E-state index in [1.165, 1.54) is 18.4 Å². The molecular weight excluding hydrogens is 320 g/mol. The van der Waals surface area contributed by atoms with E-state index in [2.05, 4.69) is 30.5 Å². The van der Waals surface area contributed by atoms with E-state index < -0.39 is 0 Å². The van der Waals surface area contributed by atoms with Crippen molar-refractivity contribution in [2.24, 2.45) is 11.3 Å². The van der Waals surface area contributed by atoms with E-state index in [4.69, 9.17) is 11.6 Å². The van der Waals surface area contributed by atoms with Crippen LogP contribution >= 0.6 is 11.6 Å². The lowest BCUT2D eigenvalue weighted by molar-refractivity contribution is -0.122. The van der Waals surface area contributed by atoms with E-state index in [0.29, 0.717) is 31.0 Å². The third-order valence-electron chi connectivity index (χ3n) is 5.38. The summed E-state index contributed by atoms with van der Waals surface area (Å²) >= 11 is 6.06. The fraction of sp³-hybridized carbons (Fsp3) is 0.650. The van der Waals surface area contributed by atoms with E-state index in [-0.39, 0.29) is 11.3 Å². The van der Waals surface area contributed by atoms with Crippen LogP contribution < -0.4 is 10.6 Å². The van der Waals surface area contributed by atoms with Crippen molar-refractivity contribution in [3.63, 3.8) is 0 Å². The zero-order valence-electron chi connectivity index (χ0n) is 14.8. The molecule has 2 atom stereocenters. The number of benzene rings is 1. The van der Waals surface area contributed by atoms with E-state index in [1.54, 1.807) is 0 Å². The highest BCUT2D eigenvalue weighted by Crippen LogP contribution is 2.32. The molecule has 0 aromatic heterocycles. The fourth-order valence-electron chi connectivity index (χ4n) is 4.28. The minimum atomic E-state index is 0.0213. The first kappa shape index (κ1) is 17.8. The molecule has 3 nitrogen and oxygen atoms in total. The maximum Gasteiger partial charge on any atom is 0.220 e. The first-order valence-electron chi connectivity index (χ1n) is 9.17.